The van der Waals surface area contributed by atoms with E-state index in [1.807, 2.05) is 0 Å². The molecule has 0 fully saturated rings. The molecule has 0 aliphatic heterocycles. The Hall–Kier alpha value is -1.03. The number of alkyl halides is 6. The summed E-state index contributed by atoms with van der Waals surface area (Å²) in [5, 5.41) is 8.96. The highest BCUT2D eigenvalue weighted by molar-refractivity contribution is 5.80. The molecule has 10 heteroatoms. The van der Waals surface area contributed by atoms with Crippen molar-refractivity contribution in [3.63, 3.8) is 0 Å². The first-order valence-electron chi connectivity index (χ1n) is 5.94. The predicted molar refractivity (Wildman–Crippen MR) is 60.1 cm³/mol. The number of hydrogen-bond acceptors (Lipinski definition) is 4. The average Bonchev–Trinajstić information content (AvgIpc) is 2.25. The third-order valence-corrected chi connectivity index (χ3v) is 3.03. The van der Waals surface area contributed by atoms with E-state index in [1.54, 1.807) is 0 Å². The van der Waals surface area contributed by atoms with Gasteiger partial charge in [-0.05, 0) is 20.3 Å². The van der Waals surface area contributed by atoms with Crippen LogP contribution in [0.2, 0.25) is 0 Å². The molecule has 0 spiro atoms. The Morgan fingerprint density at radius 1 is 1.19 bits per heavy atom. The molecule has 0 radical (unpaired) electrons. The van der Waals surface area contributed by atoms with Gasteiger partial charge < -0.3 is 15.6 Å². The summed E-state index contributed by atoms with van der Waals surface area (Å²) in [6.07, 6.45) is -15.5. The van der Waals surface area contributed by atoms with Crippen molar-refractivity contribution in [2.75, 3.05) is 0 Å². The number of aliphatic hydroxyl groups is 1. The summed E-state index contributed by atoms with van der Waals surface area (Å²) < 4.78 is 79.2. The van der Waals surface area contributed by atoms with Gasteiger partial charge in [0.2, 0.25) is 0 Å². The molecule has 0 heterocycles. The van der Waals surface area contributed by atoms with Crippen LogP contribution < -0.4 is 5.73 Å². The van der Waals surface area contributed by atoms with E-state index in [0.29, 0.717) is 0 Å². The quantitative estimate of drug-likeness (QED) is 0.601. The zero-order chi connectivity index (χ0) is 17.3. The molecule has 0 bridgehead atoms. The molecule has 0 aromatic carbocycles. The van der Waals surface area contributed by atoms with E-state index in [4.69, 9.17) is 10.8 Å². The minimum atomic E-state index is -5.96. The van der Waals surface area contributed by atoms with Crippen molar-refractivity contribution in [2.45, 2.75) is 63.2 Å². The maximum absolute atomic E-state index is 12.5. The summed E-state index contributed by atoms with van der Waals surface area (Å²) in [5.74, 6) is -1.15. The maximum atomic E-state index is 12.5. The number of esters is 1. The molecule has 2 atom stereocenters. The summed E-state index contributed by atoms with van der Waals surface area (Å²) in [6, 6.07) is 0. The zero-order valence-corrected chi connectivity index (χ0v) is 11.6. The van der Waals surface area contributed by atoms with Gasteiger partial charge in [-0.1, -0.05) is 6.92 Å². The molecule has 0 rings (SSSR count). The molecule has 0 aromatic rings. The fourth-order valence-electron chi connectivity index (χ4n) is 1.31. The second-order valence-corrected chi connectivity index (χ2v) is 5.05. The molecule has 126 valence electrons. The maximum Gasteiger partial charge on any atom is 0.426 e. The fourth-order valence-corrected chi connectivity index (χ4v) is 1.31. The van der Waals surface area contributed by atoms with Crippen LogP contribution in [-0.4, -0.2) is 40.7 Å². The van der Waals surface area contributed by atoms with Crippen LogP contribution in [0.3, 0.4) is 0 Å². The summed E-state index contributed by atoms with van der Waals surface area (Å²) in [7, 11) is 0. The Kier molecular flexibility index (Phi) is 5.70. The molecule has 2 unspecified atom stereocenters. The average molecular weight is 325 g/mol. The van der Waals surface area contributed by atoms with Crippen LogP contribution in [0, 0.1) is 0 Å². The van der Waals surface area contributed by atoms with E-state index in [2.05, 4.69) is 4.74 Å². The molecule has 21 heavy (non-hydrogen) atoms. The van der Waals surface area contributed by atoms with Crippen molar-refractivity contribution >= 4 is 5.97 Å². The van der Waals surface area contributed by atoms with Gasteiger partial charge in [-0.25, -0.2) is 0 Å². The molecule has 0 saturated heterocycles. The largest absolute Gasteiger partial charge is 0.461 e. The van der Waals surface area contributed by atoms with Crippen LogP contribution >= 0.6 is 0 Å². The van der Waals surface area contributed by atoms with Crippen molar-refractivity contribution in [2.24, 2.45) is 5.73 Å². The van der Waals surface area contributed by atoms with Gasteiger partial charge in [0.15, 0.2) is 0 Å². The van der Waals surface area contributed by atoms with Gasteiger partial charge in [-0.15, -0.1) is 0 Å². The van der Waals surface area contributed by atoms with Gasteiger partial charge in [0.05, 0.1) is 0 Å². The monoisotopic (exact) mass is 325 g/mol. The standard InChI is InChI=1S/C11H17F6NO3/c1-4-8(3,18)7(19)21-6(2)5-9(20,10(12,13)14)11(15,16)17/h6,20H,4-5,18H2,1-3H3. The number of rotatable bonds is 5. The molecule has 3 N–H and O–H groups in total. The summed E-state index contributed by atoms with van der Waals surface area (Å²) in [5.41, 5.74) is -1.04. The Balaban J connectivity index is 5.12. The van der Waals surface area contributed by atoms with E-state index in [-0.39, 0.29) is 6.42 Å². The van der Waals surface area contributed by atoms with Crippen LogP contribution in [0.4, 0.5) is 26.3 Å². The smallest absolute Gasteiger partial charge is 0.426 e. The highest BCUT2D eigenvalue weighted by atomic mass is 19.4. The minimum Gasteiger partial charge on any atom is -0.461 e. The highest BCUT2D eigenvalue weighted by Crippen LogP contribution is 2.46. The molecular formula is C11H17F6NO3. The molecule has 0 amide bonds. The van der Waals surface area contributed by atoms with Gasteiger partial charge in [0, 0.05) is 6.42 Å². The van der Waals surface area contributed by atoms with Crippen LogP contribution in [0.1, 0.15) is 33.6 Å². The molecule has 0 aromatic heterocycles. The van der Waals surface area contributed by atoms with Crippen molar-refractivity contribution in [1.29, 1.82) is 0 Å². The second-order valence-electron chi connectivity index (χ2n) is 5.05. The third-order valence-electron chi connectivity index (χ3n) is 3.03. The lowest BCUT2D eigenvalue weighted by molar-refractivity contribution is -0.373. The zero-order valence-electron chi connectivity index (χ0n) is 11.6. The van der Waals surface area contributed by atoms with Gasteiger partial charge in [0.1, 0.15) is 11.6 Å². The van der Waals surface area contributed by atoms with Crippen LogP contribution in [0.5, 0.6) is 0 Å². The van der Waals surface area contributed by atoms with E-state index in [1.165, 1.54) is 13.8 Å². The van der Waals surface area contributed by atoms with Gasteiger partial charge in [-0.3, -0.25) is 4.79 Å². The number of nitrogens with two attached hydrogens (primary N) is 1. The van der Waals surface area contributed by atoms with Crippen molar-refractivity contribution in [1.82, 2.24) is 0 Å². The number of ether oxygens (including phenoxy) is 1. The highest BCUT2D eigenvalue weighted by Gasteiger charge is 2.70. The van der Waals surface area contributed by atoms with Gasteiger partial charge in [-0.2, -0.15) is 26.3 Å². The van der Waals surface area contributed by atoms with E-state index in [0.717, 1.165) is 6.92 Å². The number of hydrogen-bond donors (Lipinski definition) is 2. The third kappa shape index (κ3) is 4.47. The second kappa shape index (κ2) is 5.99. The number of carbonyl (C=O) groups is 1. The molecule has 0 aliphatic carbocycles. The number of halogens is 6. The number of carbonyl (C=O) groups excluding carboxylic acids is 1. The summed E-state index contributed by atoms with van der Waals surface area (Å²) in [4.78, 5) is 11.5. The molecular weight excluding hydrogens is 308 g/mol. The lowest BCUT2D eigenvalue weighted by atomic mass is 9.94. The molecule has 0 saturated carbocycles. The van der Waals surface area contributed by atoms with E-state index >= 15 is 0 Å². The molecule has 4 nitrogen and oxygen atoms in total. The van der Waals surface area contributed by atoms with E-state index < -0.39 is 42.0 Å². The lowest BCUT2D eigenvalue weighted by Crippen LogP contribution is -2.58. The first-order chi connectivity index (χ1) is 9.08. The van der Waals surface area contributed by atoms with Crippen molar-refractivity contribution in [3.8, 4) is 0 Å². The van der Waals surface area contributed by atoms with Crippen molar-refractivity contribution < 1.29 is 41.0 Å². The topological polar surface area (TPSA) is 72.6 Å². The predicted octanol–water partition coefficient (Wildman–Crippen LogP) is 2.29. The van der Waals surface area contributed by atoms with Gasteiger partial charge in [0.25, 0.3) is 5.60 Å². The first-order valence-corrected chi connectivity index (χ1v) is 5.94. The van der Waals surface area contributed by atoms with Crippen molar-refractivity contribution in [3.05, 3.63) is 0 Å². The van der Waals surface area contributed by atoms with Crippen LogP contribution in [-0.2, 0) is 9.53 Å². The summed E-state index contributed by atoms with van der Waals surface area (Å²) >= 11 is 0. The van der Waals surface area contributed by atoms with Crippen LogP contribution in [0.15, 0.2) is 0 Å². The Labute approximate surface area is 117 Å². The van der Waals surface area contributed by atoms with Crippen LogP contribution in [0.25, 0.3) is 0 Å². The SMILES string of the molecule is CCC(C)(N)C(=O)OC(C)CC(O)(C(F)(F)F)C(F)(F)F. The summed E-state index contributed by atoms with van der Waals surface area (Å²) in [6.45, 7) is 3.53. The fraction of sp³-hybridized carbons (Fsp3) is 0.909. The first kappa shape index (κ1) is 20.0. The van der Waals surface area contributed by atoms with Gasteiger partial charge >= 0.3 is 18.3 Å². The normalized spacial score (nSPS) is 18.0. The Bertz CT molecular complexity index is 363. The van der Waals surface area contributed by atoms with E-state index in [9.17, 15) is 31.1 Å². The lowest BCUT2D eigenvalue weighted by Gasteiger charge is -2.34. The minimum absolute atomic E-state index is 0.0708. The molecule has 0 aliphatic rings. The Morgan fingerprint density at radius 2 is 1.57 bits per heavy atom. The Morgan fingerprint density at radius 3 is 1.86 bits per heavy atom.